The van der Waals surface area contributed by atoms with Crippen LogP contribution in [0.25, 0.3) is 0 Å². The molecule has 0 radical (unpaired) electrons. The molecule has 0 saturated heterocycles. The van der Waals surface area contributed by atoms with Gasteiger partial charge in [0.15, 0.2) is 0 Å². The molecule has 0 unspecified atom stereocenters. The van der Waals surface area contributed by atoms with Crippen LogP contribution in [0.1, 0.15) is 0 Å². The van der Waals surface area contributed by atoms with Crippen molar-refractivity contribution in [2.75, 3.05) is 0 Å². The molecule has 0 aliphatic rings. The van der Waals surface area contributed by atoms with Gasteiger partial charge in [-0.25, -0.2) is 0 Å². The minimum atomic E-state index is -1.47. The Hall–Kier alpha value is -1.23. The zero-order valence-corrected chi connectivity index (χ0v) is 12.5. The summed E-state index contributed by atoms with van der Waals surface area (Å²) in [7, 11) is 0. The van der Waals surface area contributed by atoms with Gasteiger partial charge in [-0.2, -0.15) is 0 Å². The molecule has 2 rings (SSSR count). The number of rotatable bonds is 4. The van der Waals surface area contributed by atoms with Crippen LogP contribution in [0, 0.1) is 0 Å². The monoisotopic (exact) mass is 406 g/mol. The van der Waals surface area contributed by atoms with Crippen molar-refractivity contribution in [3.8, 4) is 11.5 Å². The average Bonchev–Trinajstić information content (AvgIpc) is 2.32. The first kappa shape index (κ1) is 15.8. The predicted octanol–water partition coefficient (Wildman–Crippen LogP) is 3.36. The molecule has 0 saturated carbocycles. The van der Waals surface area contributed by atoms with Crippen LogP contribution in [0.3, 0.4) is 0 Å². The van der Waals surface area contributed by atoms with E-state index in [1.807, 2.05) is 60.7 Å². The van der Waals surface area contributed by atoms with Crippen LogP contribution in [-0.2, 0) is 23.8 Å². The topological polar surface area (TPSA) is 18.5 Å². The first-order chi connectivity index (χ1) is 7.45. The molecule has 0 aliphatic carbocycles. The zero-order chi connectivity index (χ0) is 10.3. The van der Waals surface area contributed by atoms with Gasteiger partial charge in [0.1, 0.15) is 0 Å². The van der Waals surface area contributed by atoms with Crippen molar-refractivity contribution >= 4 is 0 Å². The van der Waals surface area contributed by atoms with Gasteiger partial charge < -0.3 is 0 Å². The van der Waals surface area contributed by atoms with Crippen LogP contribution >= 0.6 is 0 Å². The molecule has 0 N–H and O–H groups in total. The quantitative estimate of drug-likeness (QED) is 0.728. The molecule has 0 aliphatic heterocycles. The molecule has 2 aromatic rings. The van der Waals surface area contributed by atoms with Crippen molar-refractivity contribution in [1.29, 1.82) is 0 Å². The molecule has 0 amide bonds. The summed E-state index contributed by atoms with van der Waals surface area (Å²) in [5, 5.41) is 0. The SMILES string of the molecule is F.F.c1ccc([O][Hf][O]c2ccccc2)cc1. The third-order valence-corrected chi connectivity index (χ3v) is 4.10. The van der Waals surface area contributed by atoms with E-state index in [1.54, 1.807) is 0 Å². The summed E-state index contributed by atoms with van der Waals surface area (Å²) in [4.78, 5) is 0. The van der Waals surface area contributed by atoms with E-state index in [2.05, 4.69) is 0 Å². The van der Waals surface area contributed by atoms with Crippen LogP contribution in [0.2, 0.25) is 0 Å². The first-order valence-corrected chi connectivity index (χ1v) is 7.57. The summed E-state index contributed by atoms with van der Waals surface area (Å²) >= 11 is -1.47. The Morgan fingerprint density at radius 2 is 0.941 bits per heavy atom. The van der Waals surface area contributed by atoms with Crippen molar-refractivity contribution in [1.82, 2.24) is 0 Å². The molecule has 90 valence electrons. The second kappa shape index (κ2) is 8.87. The van der Waals surface area contributed by atoms with Crippen LogP contribution < -0.4 is 5.71 Å². The van der Waals surface area contributed by atoms with E-state index in [0.717, 1.165) is 11.5 Å². The maximum atomic E-state index is 5.58. The van der Waals surface area contributed by atoms with Crippen LogP contribution in [0.15, 0.2) is 60.7 Å². The van der Waals surface area contributed by atoms with Gasteiger partial charge in [0.05, 0.1) is 0 Å². The molecule has 5 heteroatoms. The molecule has 0 spiro atoms. The van der Waals surface area contributed by atoms with Crippen molar-refractivity contribution < 1.29 is 38.9 Å². The van der Waals surface area contributed by atoms with E-state index in [0.29, 0.717) is 0 Å². The zero-order valence-electron chi connectivity index (χ0n) is 8.91. The van der Waals surface area contributed by atoms with E-state index in [1.165, 1.54) is 0 Å². The van der Waals surface area contributed by atoms with Crippen molar-refractivity contribution in [2.45, 2.75) is 0 Å². The van der Waals surface area contributed by atoms with E-state index in [4.69, 9.17) is 5.71 Å². The van der Waals surface area contributed by atoms with E-state index < -0.39 is 23.8 Å². The molecule has 17 heavy (non-hydrogen) atoms. The molecular formula is C12H12F2HfO2. The Bertz CT molecular complexity index is 358. The van der Waals surface area contributed by atoms with Gasteiger partial charge in [0.25, 0.3) is 0 Å². The summed E-state index contributed by atoms with van der Waals surface area (Å²) in [6, 6.07) is 19.6. The minimum absolute atomic E-state index is 0. The Labute approximate surface area is 111 Å². The van der Waals surface area contributed by atoms with Gasteiger partial charge in [-0.1, -0.05) is 0 Å². The molecule has 0 bridgehead atoms. The normalized spacial score (nSPS) is 8.24. The molecule has 0 aromatic heterocycles. The number of hydrogen-bond donors (Lipinski definition) is 0. The first-order valence-electron chi connectivity index (χ1n) is 4.64. The predicted molar refractivity (Wildman–Crippen MR) is 59.1 cm³/mol. The van der Waals surface area contributed by atoms with Gasteiger partial charge in [-0.15, -0.1) is 0 Å². The Morgan fingerprint density at radius 1 is 0.588 bits per heavy atom. The average molecular weight is 405 g/mol. The van der Waals surface area contributed by atoms with Crippen LogP contribution in [-0.4, -0.2) is 0 Å². The summed E-state index contributed by atoms with van der Waals surface area (Å²) < 4.78 is 11.2. The number of hydrogen-bond acceptors (Lipinski definition) is 2. The van der Waals surface area contributed by atoms with Gasteiger partial charge in [-0.05, 0) is 0 Å². The fourth-order valence-electron chi connectivity index (χ4n) is 1.09. The summed E-state index contributed by atoms with van der Waals surface area (Å²) in [6.07, 6.45) is 0. The standard InChI is InChI=1S/2C6H6O.2FH.Hf/c2*7-6-4-2-1-3-5-6;;;/h2*1-5,7H;2*1H;/q;;;;+2/p-2. The summed E-state index contributed by atoms with van der Waals surface area (Å²) in [6.45, 7) is 0. The van der Waals surface area contributed by atoms with Gasteiger partial charge in [0.2, 0.25) is 0 Å². The Balaban J connectivity index is 0.00000128. The Kier molecular flexibility index (Phi) is 8.23. The second-order valence-corrected chi connectivity index (χ2v) is 4.98. The van der Waals surface area contributed by atoms with Crippen LogP contribution in [0.4, 0.5) is 9.41 Å². The van der Waals surface area contributed by atoms with E-state index in [-0.39, 0.29) is 9.41 Å². The third-order valence-electron chi connectivity index (χ3n) is 1.81. The molecule has 2 aromatic carbocycles. The van der Waals surface area contributed by atoms with E-state index in [9.17, 15) is 0 Å². The Morgan fingerprint density at radius 3 is 1.29 bits per heavy atom. The molecular weight excluding hydrogens is 393 g/mol. The molecule has 2 nitrogen and oxygen atoms in total. The second-order valence-electron chi connectivity index (χ2n) is 2.91. The summed E-state index contributed by atoms with van der Waals surface area (Å²) in [5.41, 5.74) is 0. The van der Waals surface area contributed by atoms with Crippen molar-refractivity contribution in [3.05, 3.63) is 60.7 Å². The molecule has 0 fully saturated rings. The third kappa shape index (κ3) is 5.58. The summed E-state index contributed by atoms with van der Waals surface area (Å²) in [5.74, 6) is 1.80. The van der Waals surface area contributed by atoms with Gasteiger partial charge >= 0.3 is 102 Å². The number of benzene rings is 2. The van der Waals surface area contributed by atoms with Gasteiger partial charge in [0, 0.05) is 0 Å². The number of para-hydroxylation sites is 2. The van der Waals surface area contributed by atoms with Gasteiger partial charge in [-0.3, -0.25) is 9.41 Å². The van der Waals surface area contributed by atoms with Crippen LogP contribution in [0.5, 0.6) is 11.5 Å². The van der Waals surface area contributed by atoms with Crippen molar-refractivity contribution in [3.63, 3.8) is 0 Å². The fourth-order valence-corrected chi connectivity index (χ4v) is 2.91. The molecule has 0 atom stereocenters. The van der Waals surface area contributed by atoms with Crippen molar-refractivity contribution in [2.24, 2.45) is 0 Å². The van der Waals surface area contributed by atoms with E-state index >= 15 is 0 Å². The number of halogens is 2. The fraction of sp³-hybridized carbons (Fsp3) is 0. The molecule has 0 heterocycles. The maximum absolute atomic E-state index is 5.58.